The highest BCUT2D eigenvalue weighted by atomic mass is 32.2. The second-order valence-electron chi connectivity index (χ2n) is 3.36. The van der Waals surface area contributed by atoms with E-state index in [0.717, 1.165) is 25.8 Å². The molecule has 0 fully saturated rings. The van der Waals surface area contributed by atoms with Gasteiger partial charge >= 0.3 is 0 Å². The van der Waals surface area contributed by atoms with Crippen LogP contribution >= 0.6 is 12.1 Å². The molecular formula is C10H20FNS. The minimum absolute atomic E-state index is 0.0464. The molecule has 78 valence electrons. The van der Waals surface area contributed by atoms with Crippen LogP contribution in [0.15, 0.2) is 12.7 Å². The zero-order chi connectivity index (χ0) is 10.1. The predicted molar refractivity (Wildman–Crippen MR) is 59.4 cm³/mol. The van der Waals surface area contributed by atoms with Gasteiger partial charge in [0, 0.05) is 0 Å². The van der Waals surface area contributed by atoms with Gasteiger partial charge in [0.25, 0.3) is 0 Å². The van der Waals surface area contributed by atoms with Crippen molar-refractivity contribution in [3.8, 4) is 0 Å². The quantitative estimate of drug-likeness (QED) is 0.369. The van der Waals surface area contributed by atoms with Crippen LogP contribution in [0.25, 0.3) is 0 Å². The van der Waals surface area contributed by atoms with E-state index >= 15 is 0 Å². The van der Waals surface area contributed by atoms with Gasteiger partial charge in [0.1, 0.15) is 0 Å². The summed E-state index contributed by atoms with van der Waals surface area (Å²) in [6.45, 7) is 8.73. The van der Waals surface area contributed by atoms with Crippen molar-refractivity contribution in [2.45, 2.75) is 38.5 Å². The molecule has 0 saturated carbocycles. The Morgan fingerprint density at radius 3 is 2.77 bits per heavy atom. The van der Waals surface area contributed by atoms with Gasteiger partial charge in [0.15, 0.2) is 0 Å². The molecule has 0 heterocycles. The topological polar surface area (TPSA) is 12.0 Å². The minimum Gasteiger partial charge on any atom is -0.303 e. The first-order valence-electron chi connectivity index (χ1n) is 4.86. The molecule has 2 atom stereocenters. The smallest absolute Gasteiger partial charge is 0.0854 e. The van der Waals surface area contributed by atoms with Gasteiger partial charge in [0.2, 0.25) is 0 Å². The highest BCUT2D eigenvalue weighted by molar-refractivity contribution is 7.94. The minimum atomic E-state index is -0.0464. The van der Waals surface area contributed by atoms with E-state index in [-0.39, 0.29) is 5.37 Å². The first-order chi connectivity index (χ1) is 6.24. The SMILES string of the molecule is C=CCCNC(CC(C)CC)SF. The Hall–Kier alpha value is -0.0200. The number of rotatable bonds is 8. The monoisotopic (exact) mass is 205 g/mol. The fourth-order valence-corrected chi connectivity index (χ4v) is 1.61. The molecule has 0 aliphatic carbocycles. The van der Waals surface area contributed by atoms with Crippen molar-refractivity contribution in [2.75, 3.05) is 6.54 Å². The third-order valence-electron chi connectivity index (χ3n) is 2.14. The van der Waals surface area contributed by atoms with Crippen molar-refractivity contribution >= 4 is 12.1 Å². The van der Waals surface area contributed by atoms with Crippen molar-refractivity contribution in [1.82, 2.24) is 5.32 Å². The van der Waals surface area contributed by atoms with Crippen LogP contribution in [0.4, 0.5) is 3.89 Å². The van der Waals surface area contributed by atoms with Crippen LogP contribution in [0.1, 0.15) is 33.1 Å². The van der Waals surface area contributed by atoms with Crippen molar-refractivity contribution < 1.29 is 3.89 Å². The lowest BCUT2D eigenvalue weighted by molar-refractivity contribution is 0.465. The fourth-order valence-electron chi connectivity index (χ4n) is 1.03. The van der Waals surface area contributed by atoms with E-state index in [1.54, 1.807) is 0 Å². The van der Waals surface area contributed by atoms with E-state index in [9.17, 15) is 3.89 Å². The summed E-state index contributed by atoms with van der Waals surface area (Å²) in [7, 11) is 0. The van der Waals surface area contributed by atoms with Crippen LogP contribution in [0.5, 0.6) is 0 Å². The molecule has 0 bridgehead atoms. The lowest BCUT2D eigenvalue weighted by Crippen LogP contribution is -2.27. The molecule has 0 amide bonds. The third kappa shape index (κ3) is 7.08. The summed E-state index contributed by atoms with van der Waals surface area (Å²) in [5, 5.41) is 3.11. The average molecular weight is 205 g/mol. The molecule has 0 aliphatic rings. The Morgan fingerprint density at radius 1 is 1.62 bits per heavy atom. The third-order valence-corrected chi connectivity index (χ3v) is 2.72. The van der Waals surface area contributed by atoms with E-state index in [2.05, 4.69) is 25.7 Å². The average Bonchev–Trinajstić information content (AvgIpc) is 2.16. The largest absolute Gasteiger partial charge is 0.303 e. The van der Waals surface area contributed by atoms with Crippen LogP contribution < -0.4 is 5.32 Å². The van der Waals surface area contributed by atoms with Crippen LogP contribution in [-0.4, -0.2) is 11.9 Å². The molecule has 0 spiro atoms. The molecule has 0 aromatic carbocycles. The van der Waals surface area contributed by atoms with Gasteiger partial charge in [-0.3, -0.25) is 0 Å². The van der Waals surface area contributed by atoms with Crippen molar-refractivity contribution in [2.24, 2.45) is 5.92 Å². The molecule has 13 heavy (non-hydrogen) atoms. The normalized spacial score (nSPS) is 15.3. The molecule has 0 rings (SSSR count). The lowest BCUT2D eigenvalue weighted by Gasteiger charge is -2.16. The second-order valence-corrected chi connectivity index (χ2v) is 4.11. The number of nitrogens with one attached hydrogen (secondary N) is 1. The van der Waals surface area contributed by atoms with Crippen LogP contribution in [-0.2, 0) is 0 Å². The Balaban J connectivity index is 3.55. The zero-order valence-corrected chi connectivity index (χ0v) is 9.37. The van der Waals surface area contributed by atoms with Gasteiger partial charge in [-0.2, -0.15) is 3.89 Å². The summed E-state index contributed by atoms with van der Waals surface area (Å²) in [6.07, 6.45) is 4.75. The summed E-state index contributed by atoms with van der Waals surface area (Å²) >= 11 is 0.419. The Morgan fingerprint density at radius 2 is 2.31 bits per heavy atom. The molecule has 2 unspecified atom stereocenters. The van der Waals surface area contributed by atoms with Gasteiger partial charge in [-0.1, -0.05) is 26.3 Å². The maximum atomic E-state index is 12.4. The van der Waals surface area contributed by atoms with Crippen molar-refractivity contribution in [3.63, 3.8) is 0 Å². The number of hydrogen-bond acceptors (Lipinski definition) is 2. The van der Waals surface area contributed by atoms with Crippen LogP contribution in [0, 0.1) is 5.92 Å². The van der Waals surface area contributed by atoms with Gasteiger partial charge in [-0.05, 0) is 25.3 Å². The van der Waals surface area contributed by atoms with Crippen molar-refractivity contribution in [1.29, 1.82) is 0 Å². The van der Waals surface area contributed by atoms with E-state index in [0.29, 0.717) is 18.1 Å². The number of halogens is 1. The van der Waals surface area contributed by atoms with Gasteiger partial charge in [-0.15, -0.1) is 6.58 Å². The highest BCUT2D eigenvalue weighted by Gasteiger charge is 2.11. The van der Waals surface area contributed by atoms with Gasteiger partial charge < -0.3 is 5.32 Å². The summed E-state index contributed by atoms with van der Waals surface area (Å²) in [6, 6.07) is 0. The molecule has 0 saturated heterocycles. The predicted octanol–water partition coefficient (Wildman–Crippen LogP) is 3.53. The summed E-state index contributed by atoms with van der Waals surface area (Å²) in [5.41, 5.74) is 0. The molecule has 0 aromatic rings. The Kier molecular flexibility index (Phi) is 8.56. The Labute approximate surface area is 85.5 Å². The first kappa shape index (κ1) is 13.0. The standard InChI is InChI=1S/C10H20FNS/c1-4-6-7-12-10(13-11)8-9(3)5-2/h4,9-10,12H,1,5-8H2,2-3H3. The Bertz CT molecular complexity index is 130. The molecule has 0 radical (unpaired) electrons. The molecule has 1 N–H and O–H groups in total. The lowest BCUT2D eigenvalue weighted by atomic mass is 10.1. The van der Waals surface area contributed by atoms with Crippen molar-refractivity contribution in [3.05, 3.63) is 12.7 Å². The summed E-state index contributed by atoms with van der Waals surface area (Å²) in [4.78, 5) is 0. The maximum absolute atomic E-state index is 12.4. The zero-order valence-electron chi connectivity index (χ0n) is 8.55. The van der Waals surface area contributed by atoms with Crippen LogP contribution in [0.2, 0.25) is 0 Å². The summed E-state index contributed by atoms with van der Waals surface area (Å²) in [5.74, 6) is 0.587. The molecular weight excluding hydrogens is 185 g/mol. The van der Waals surface area contributed by atoms with Crippen LogP contribution in [0.3, 0.4) is 0 Å². The van der Waals surface area contributed by atoms with E-state index in [4.69, 9.17) is 0 Å². The van der Waals surface area contributed by atoms with E-state index < -0.39 is 0 Å². The molecule has 3 heteroatoms. The molecule has 0 aliphatic heterocycles. The maximum Gasteiger partial charge on any atom is 0.0854 e. The van der Waals surface area contributed by atoms with E-state index in [1.165, 1.54) is 0 Å². The first-order valence-corrected chi connectivity index (χ1v) is 5.64. The second kappa shape index (κ2) is 8.57. The van der Waals surface area contributed by atoms with Gasteiger partial charge in [0.05, 0.1) is 17.5 Å². The number of hydrogen-bond donors (Lipinski definition) is 1. The summed E-state index contributed by atoms with van der Waals surface area (Å²) < 4.78 is 12.4. The van der Waals surface area contributed by atoms with Gasteiger partial charge in [-0.25, -0.2) is 0 Å². The molecule has 1 nitrogen and oxygen atoms in total. The fraction of sp³-hybridized carbons (Fsp3) is 0.800. The molecule has 0 aromatic heterocycles. The highest BCUT2D eigenvalue weighted by Crippen LogP contribution is 2.19. The van der Waals surface area contributed by atoms with E-state index in [1.807, 2.05) is 6.08 Å².